The molecule has 0 bridgehead atoms. The molecule has 41 nitrogen and oxygen atoms in total. The normalized spacial score (nSPS) is 31.6. The van der Waals surface area contributed by atoms with Crippen LogP contribution >= 0.6 is 0 Å². The Morgan fingerprint density at radius 1 is 0.388 bits per heavy atom. The fraction of sp³-hybridized carbons (Fsp3) is 0.920. The molecule has 30 atom stereocenters. The third kappa shape index (κ3) is 36.0. The Bertz CT molecular complexity index is 3180. The van der Waals surface area contributed by atoms with E-state index in [0.29, 0.717) is 12.8 Å². The van der Waals surface area contributed by atoms with E-state index in [1.165, 1.54) is 148 Å². The van der Waals surface area contributed by atoms with Crippen molar-refractivity contribution in [1.29, 1.82) is 0 Å². The number of hydrogen-bond donors (Lipinski definition) is 24. The number of amides is 4. The lowest BCUT2D eigenvalue weighted by molar-refractivity contribution is -0.388. The zero-order valence-corrected chi connectivity index (χ0v) is 76.0. The van der Waals surface area contributed by atoms with Crippen LogP contribution in [0.5, 0.6) is 0 Å². The number of unbranched alkanes of at least 4 members (excludes halogenated alkanes) is 33. The number of carboxylic acids is 3. The number of aliphatic hydroxyl groups excluding tert-OH is 17. The maximum Gasteiger partial charge on any atom is 0.364 e. The summed E-state index contributed by atoms with van der Waals surface area (Å²) in [4.78, 5) is 92.3. The first kappa shape index (κ1) is 115. The molecule has 5 heterocycles. The first-order valence-corrected chi connectivity index (χ1v) is 47.2. The summed E-state index contributed by atoms with van der Waals surface area (Å²) in [5.74, 6) is -20.5. The van der Waals surface area contributed by atoms with Gasteiger partial charge in [0.25, 0.3) is 17.4 Å². The lowest BCUT2D eigenvalue weighted by Crippen LogP contribution is -2.72. The predicted molar refractivity (Wildman–Crippen MR) is 457 cm³/mol. The molecule has 5 rings (SSSR count). The van der Waals surface area contributed by atoms with Crippen LogP contribution in [-0.4, -0.2) is 366 Å². The molecule has 5 saturated heterocycles. The molecule has 0 spiro atoms. The number of ether oxygens (including phenoxy) is 10. The lowest BCUT2D eigenvalue weighted by atomic mass is 9.86. The van der Waals surface area contributed by atoms with Gasteiger partial charge < -0.3 is 171 Å². The van der Waals surface area contributed by atoms with Crippen LogP contribution in [0.2, 0.25) is 0 Å². The van der Waals surface area contributed by atoms with Gasteiger partial charge in [-0.25, -0.2) is 14.4 Å². The van der Waals surface area contributed by atoms with Gasteiger partial charge in [-0.1, -0.05) is 232 Å². The van der Waals surface area contributed by atoms with Gasteiger partial charge in [0.1, 0.15) is 104 Å². The van der Waals surface area contributed by atoms with Gasteiger partial charge in [0.2, 0.25) is 23.6 Å². The highest BCUT2D eigenvalue weighted by Gasteiger charge is 2.64. The molecule has 0 radical (unpaired) electrons. The summed E-state index contributed by atoms with van der Waals surface area (Å²) in [5, 5.41) is 235. The SMILES string of the molecule is CCCCCCCCCCCCCCCCCCCCCCCCC(=O)NC(COC1OC(CO)C(OC2OC(CO)C(O)C(OC3(C(=O)O)CC(O)C(NC(C)=O)C(C(O)C(CO)OC4(C(=O)O)CC(O)C(NC(C)=O)C(C(O)C(CO)OC5(C(=O)O)CC(O)C(NC(C)=O)C(C(O)C(O)CO)O5)O4)O3)C2O)C(O)C1O)C(O)CCCCCCCCCCCCCCC. The van der Waals surface area contributed by atoms with Crippen LogP contribution in [0.4, 0.5) is 0 Å². The molecular weight excluding hydrogens is 1700 g/mol. The van der Waals surface area contributed by atoms with Gasteiger partial charge in [-0.2, -0.15) is 0 Å². The van der Waals surface area contributed by atoms with E-state index in [-0.39, 0.29) is 18.7 Å². The molecule has 0 aromatic rings. The maximum absolute atomic E-state index is 13.9. The summed E-state index contributed by atoms with van der Waals surface area (Å²) in [5.41, 5.74) is 0. The average molecular weight is 1860 g/mol. The van der Waals surface area contributed by atoms with Crippen LogP contribution in [0.25, 0.3) is 0 Å². The number of hydrogen-bond acceptors (Lipinski definition) is 34. The average Bonchev–Trinajstić information content (AvgIpc) is 0.756. The molecule has 0 aromatic carbocycles. The zero-order chi connectivity index (χ0) is 95.6. The van der Waals surface area contributed by atoms with Crippen molar-refractivity contribution in [2.75, 3.05) is 39.6 Å². The summed E-state index contributed by atoms with van der Waals surface area (Å²) in [6.07, 6.45) is -14.4. The van der Waals surface area contributed by atoms with E-state index in [9.17, 15) is 136 Å². The van der Waals surface area contributed by atoms with E-state index in [1.54, 1.807) is 0 Å². The van der Waals surface area contributed by atoms with Gasteiger partial charge in [0.15, 0.2) is 12.6 Å². The molecule has 4 amide bonds. The summed E-state index contributed by atoms with van der Waals surface area (Å²) in [6.45, 7) is 0.0429. The molecule has 41 heteroatoms. The molecule has 0 saturated carbocycles. The second kappa shape index (κ2) is 59.9. The van der Waals surface area contributed by atoms with Crippen LogP contribution < -0.4 is 21.3 Å². The number of carboxylic acid groups (broad SMARTS) is 3. The second-order valence-electron chi connectivity index (χ2n) is 35.7. The van der Waals surface area contributed by atoms with Crippen molar-refractivity contribution in [3.8, 4) is 0 Å². The van der Waals surface area contributed by atoms with Crippen molar-refractivity contribution in [3.63, 3.8) is 0 Å². The molecule has 5 aliphatic rings. The second-order valence-corrected chi connectivity index (χ2v) is 35.7. The highest BCUT2D eigenvalue weighted by atomic mass is 16.8. The minimum absolute atomic E-state index is 0.147. The number of aliphatic hydroxyl groups is 17. The number of rotatable bonds is 67. The summed E-state index contributed by atoms with van der Waals surface area (Å²) >= 11 is 0. The maximum atomic E-state index is 13.9. The minimum Gasteiger partial charge on any atom is -0.477 e. The van der Waals surface area contributed by atoms with Crippen LogP contribution in [0, 0.1) is 0 Å². The molecule has 5 aliphatic heterocycles. The van der Waals surface area contributed by atoms with E-state index < -0.39 is 277 Å². The Morgan fingerprint density at radius 3 is 1.08 bits per heavy atom. The van der Waals surface area contributed by atoms with E-state index >= 15 is 0 Å². The topological polar surface area (TPSA) is 665 Å². The first-order chi connectivity index (χ1) is 61.5. The van der Waals surface area contributed by atoms with Crippen LogP contribution in [0.3, 0.4) is 0 Å². The summed E-state index contributed by atoms with van der Waals surface area (Å²) in [6, 6.07) is -6.94. The molecule has 752 valence electrons. The minimum atomic E-state index is -3.57. The van der Waals surface area contributed by atoms with Crippen molar-refractivity contribution in [2.24, 2.45) is 0 Å². The van der Waals surface area contributed by atoms with Crippen molar-refractivity contribution in [1.82, 2.24) is 21.3 Å². The largest absolute Gasteiger partial charge is 0.477 e. The predicted octanol–water partition coefficient (Wildman–Crippen LogP) is 0.468. The molecular formula is C88H158N4O37. The highest BCUT2D eigenvalue weighted by Crippen LogP contribution is 2.43. The Kier molecular flexibility index (Phi) is 53.3. The quantitative estimate of drug-likeness (QED) is 0.0368. The van der Waals surface area contributed by atoms with Gasteiger partial charge in [-0.05, 0) is 12.8 Å². The van der Waals surface area contributed by atoms with Gasteiger partial charge in [-0.3, -0.25) is 19.2 Å². The molecule has 0 aliphatic carbocycles. The molecule has 0 aromatic heterocycles. The van der Waals surface area contributed by atoms with E-state index in [4.69, 9.17) is 47.4 Å². The first-order valence-electron chi connectivity index (χ1n) is 47.2. The smallest absolute Gasteiger partial charge is 0.364 e. The van der Waals surface area contributed by atoms with Crippen molar-refractivity contribution >= 4 is 41.5 Å². The fourth-order valence-corrected chi connectivity index (χ4v) is 17.7. The number of carbonyl (C=O) groups is 7. The Morgan fingerprint density at radius 2 is 0.729 bits per heavy atom. The number of nitrogens with one attached hydrogen (secondary N) is 4. The molecule has 30 unspecified atom stereocenters. The van der Waals surface area contributed by atoms with E-state index in [1.807, 2.05) is 0 Å². The summed E-state index contributed by atoms with van der Waals surface area (Å²) < 4.78 is 58.4. The standard InChI is InChI=1S/C88H158N4O37/c1-6-8-10-12-14-16-18-20-21-22-23-24-25-26-27-28-30-32-34-36-38-40-42-65(106)92-55(56(101)41-39-37-35-33-31-29-19-17-15-13-11-9-7-2)51-120-81-74(112)73(111)76(64(50-97)122-81)123-82-75(113)80(70(108)61(47-94)121-82)129-88(85(118)119)45-59(104)68(91-54(5)100)79(128-88)72(110)63(49-96)125-87(84(116)117)44-58(103)67(90-53(4)99)78(127-87)71(109)62(48-95)124-86(83(114)115)43-57(102)66(89-52(3)98)77(126-86)69(107)60(105)46-93/h55-64,66-82,93-97,101-105,107-113H,6-51H2,1-5H3,(H,89,98)(H,90,99)(H,91,100)(H,92,106)(H,114,115)(H,116,117)(H,118,119). The third-order valence-electron chi connectivity index (χ3n) is 25.1. The van der Waals surface area contributed by atoms with Crippen LogP contribution in [-0.2, 0) is 80.9 Å². The molecule has 24 N–H and O–H groups in total. The van der Waals surface area contributed by atoms with Gasteiger partial charge in [-0.15, -0.1) is 0 Å². The van der Waals surface area contributed by atoms with Gasteiger partial charge in [0, 0.05) is 46.5 Å². The lowest BCUT2D eigenvalue weighted by Gasteiger charge is -2.51. The van der Waals surface area contributed by atoms with E-state index in [2.05, 4.69) is 35.1 Å². The Balaban J connectivity index is 1.30. The van der Waals surface area contributed by atoms with Crippen molar-refractivity contribution in [2.45, 2.75) is 474 Å². The highest BCUT2D eigenvalue weighted by molar-refractivity contribution is 5.79. The van der Waals surface area contributed by atoms with Crippen LogP contribution in [0.1, 0.15) is 291 Å². The van der Waals surface area contributed by atoms with Crippen molar-refractivity contribution in [3.05, 3.63) is 0 Å². The molecule has 5 fully saturated rings. The number of aliphatic carboxylic acids is 3. The number of carbonyl (C=O) groups excluding carboxylic acids is 4. The monoisotopic (exact) mass is 1860 g/mol. The van der Waals surface area contributed by atoms with Gasteiger partial charge in [0.05, 0.1) is 88.2 Å². The third-order valence-corrected chi connectivity index (χ3v) is 25.1. The van der Waals surface area contributed by atoms with Crippen molar-refractivity contribution < 1.29 is 183 Å². The molecule has 129 heavy (non-hydrogen) atoms. The Hall–Kier alpha value is -4.79. The van der Waals surface area contributed by atoms with Gasteiger partial charge >= 0.3 is 17.9 Å². The van der Waals surface area contributed by atoms with Crippen LogP contribution in [0.15, 0.2) is 0 Å². The van der Waals surface area contributed by atoms with E-state index in [0.717, 1.165) is 85.0 Å². The fourth-order valence-electron chi connectivity index (χ4n) is 17.7. The summed E-state index contributed by atoms with van der Waals surface area (Å²) in [7, 11) is 0. The zero-order valence-electron chi connectivity index (χ0n) is 76.0. The Labute approximate surface area is 756 Å².